The molecule has 0 unspecified atom stereocenters. The zero-order valence-corrected chi connectivity index (χ0v) is 42.3. The summed E-state index contributed by atoms with van der Waals surface area (Å²) in [5.74, 6) is -2.44. The maximum atomic E-state index is 14.4. The number of carbonyl (C=O) groups is 7. The van der Waals surface area contributed by atoms with Crippen LogP contribution in [0.25, 0.3) is 21.9 Å². The van der Waals surface area contributed by atoms with E-state index in [-0.39, 0.29) is 81.5 Å². The molecule has 0 bridgehead atoms. The number of hydrazone groups is 1. The minimum Gasteiger partial charge on any atom is -0.465 e. The third-order valence-corrected chi connectivity index (χ3v) is 13.0. The summed E-state index contributed by atoms with van der Waals surface area (Å²) < 4.78 is 39.3. The van der Waals surface area contributed by atoms with Gasteiger partial charge >= 0.3 is 12.1 Å². The van der Waals surface area contributed by atoms with Crippen molar-refractivity contribution in [2.75, 3.05) is 123 Å². The van der Waals surface area contributed by atoms with Crippen LogP contribution in [0.15, 0.2) is 52.0 Å². The number of fused-ring (bicyclic) bond motifs is 4. The molecule has 0 aliphatic carbocycles. The van der Waals surface area contributed by atoms with Crippen molar-refractivity contribution in [2.24, 2.45) is 5.10 Å². The quantitative estimate of drug-likeness (QED) is 0.0226. The van der Waals surface area contributed by atoms with E-state index in [9.17, 15) is 33.6 Å². The van der Waals surface area contributed by atoms with Gasteiger partial charge in [-0.1, -0.05) is 15.9 Å². The Bertz CT molecular complexity index is 2710. The van der Waals surface area contributed by atoms with Crippen LogP contribution in [-0.4, -0.2) is 185 Å². The van der Waals surface area contributed by atoms with E-state index >= 15 is 0 Å². The van der Waals surface area contributed by atoms with Crippen molar-refractivity contribution in [2.45, 2.75) is 32.6 Å². The van der Waals surface area contributed by atoms with Crippen LogP contribution in [0.5, 0.6) is 5.75 Å². The lowest BCUT2D eigenvalue weighted by Gasteiger charge is -2.31. The zero-order valence-electron chi connectivity index (χ0n) is 40.7. The highest BCUT2D eigenvalue weighted by Gasteiger charge is 2.39. The lowest BCUT2D eigenvalue weighted by Crippen LogP contribution is -2.48. The van der Waals surface area contributed by atoms with Crippen LogP contribution in [0.4, 0.5) is 10.5 Å². The number of nitrogens with one attached hydrogen (secondary N) is 3. The van der Waals surface area contributed by atoms with E-state index in [0.717, 1.165) is 10.5 Å². The van der Waals surface area contributed by atoms with Gasteiger partial charge in [-0.3, -0.25) is 28.9 Å². The average molecular weight is 1060 g/mol. The number of carbonyl (C=O) groups excluding carboxylic acids is 7. The standard InChI is InChI=1S/C49H59BrN8O14/c1-30(53-54-40(60)10-17-67-19-21-69-23-24-70-22-20-68-18-11-51-39(59)9-12-57-41(61)7-8-42(57)62)32-5-6-36-33(25-32)26-38(71-36)47(63)58-29-34(28-50)44-35(58)27-37(72-49(65)56-15-13-55(3)14-16-56)46-45(44)43(31(2)52-46)48(64)66-4/h5-8,25-27,34,52H,9-24,28-29H2,1-4H3,(H,51,59)(H,54,60)/t34-/m1/s1. The molecule has 72 heavy (non-hydrogen) atoms. The molecule has 0 radical (unpaired) electrons. The van der Waals surface area contributed by atoms with Crippen LogP contribution in [0.3, 0.4) is 0 Å². The van der Waals surface area contributed by atoms with E-state index < -0.39 is 29.8 Å². The van der Waals surface area contributed by atoms with E-state index in [1.54, 1.807) is 47.9 Å². The van der Waals surface area contributed by atoms with Crippen LogP contribution in [0.1, 0.15) is 63.4 Å². The SMILES string of the molecule is COC(=O)c1c(C)[nH]c2c(OC(=O)N3CCN(C)CC3)cc3c(c12)[C@H](CBr)CN3C(=O)c1cc2cc(C(C)=NNC(=O)CCOCCOCCOCCOCCNC(=O)CCN3C(=O)C=CC3=O)ccc2o1. The van der Waals surface area contributed by atoms with Gasteiger partial charge in [0.25, 0.3) is 17.7 Å². The Hall–Kier alpha value is -6.50. The first-order valence-corrected chi connectivity index (χ1v) is 24.7. The number of piperazine rings is 1. The number of ether oxygens (including phenoxy) is 6. The highest BCUT2D eigenvalue weighted by Crippen LogP contribution is 2.48. The minimum atomic E-state index is -0.563. The third-order valence-electron chi connectivity index (χ3n) is 12.2. The van der Waals surface area contributed by atoms with E-state index in [2.05, 4.69) is 41.7 Å². The Morgan fingerprint density at radius 1 is 0.861 bits per heavy atom. The molecule has 1 fully saturated rings. The predicted octanol–water partition coefficient (Wildman–Crippen LogP) is 3.62. The Kier molecular flexibility index (Phi) is 18.7. The number of rotatable bonds is 24. The number of aryl methyl sites for hydroxylation is 1. The van der Waals surface area contributed by atoms with E-state index in [0.29, 0.717) is 115 Å². The second kappa shape index (κ2) is 25.2. The van der Waals surface area contributed by atoms with Crippen LogP contribution in [0, 0.1) is 6.92 Å². The van der Waals surface area contributed by atoms with Crippen LogP contribution < -0.4 is 20.4 Å². The summed E-state index contributed by atoms with van der Waals surface area (Å²) in [7, 11) is 3.29. The number of H-pyrrole nitrogens is 1. The molecular weight excluding hydrogens is 1000 g/mol. The van der Waals surface area contributed by atoms with Crippen LogP contribution in [0.2, 0.25) is 0 Å². The van der Waals surface area contributed by atoms with Gasteiger partial charge in [0, 0.05) is 98.2 Å². The molecule has 386 valence electrons. The molecule has 6 amide bonds. The normalized spacial score (nSPS) is 16.0. The number of halogens is 1. The molecule has 7 rings (SSSR count). The van der Waals surface area contributed by atoms with Crippen molar-refractivity contribution in [3.05, 3.63) is 70.6 Å². The summed E-state index contributed by atoms with van der Waals surface area (Å²) in [6, 6.07) is 8.63. The van der Waals surface area contributed by atoms with Crippen molar-refractivity contribution in [3.8, 4) is 5.75 Å². The van der Waals surface area contributed by atoms with Gasteiger partial charge in [0.1, 0.15) is 5.58 Å². The number of imide groups is 1. The molecule has 23 heteroatoms. The molecule has 3 aliphatic heterocycles. The van der Waals surface area contributed by atoms with Crippen molar-refractivity contribution in [3.63, 3.8) is 0 Å². The zero-order chi connectivity index (χ0) is 51.3. The predicted molar refractivity (Wildman–Crippen MR) is 266 cm³/mol. The molecule has 3 N–H and O–H groups in total. The number of aromatic nitrogens is 1. The Balaban J connectivity index is 0.838. The van der Waals surface area contributed by atoms with Gasteiger partial charge in [-0.2, -0.15) is 5.10 Å². The highest BCUT2D eigenvalue weighted by atomic mass is 79.9. The van der Waals surface area contributed by atoms with Crippen molar-refractivity contribution >= 4 is 90.8 Å². The number of benzene rings is 2. The van der Waals surface area contributed by atoms with Gasteiger partial charge in [-0.25, -0.2) is 15.0 Å². The number of hydrogen-bond acceptors (Lipinski definition) is 16. The van der Waals surface area contributed by atoms with Gasteiger partial charge in [0.05, 0.1) is 88.9 Å². The van der Waals surface area contributed by atoms with Gasteiger partial charge in [-0.15, -0.1) is 0 Å². The summed E-state index contributed by atoms with van der Waals surface area (Å²) in [6.07, 6.45) is 1.91. The maximum absolute atomic E-state index is 14.4. The molecule has 1 atom stereocenters. The Morgan fingerprint density at radius 3 is 2.19 bits per heavy atom. The number of furan rings is 1. The van der Waals surface area contributed by atoms with Crippen LogP contribution in [-0.2, 0) is 42.9 Å². The van der Waals surface area contributed by atoms with Crippen molar-refractivity contribution in [1.29, 1.82) is 0 Å². The Morgan fingerprint density at radius 2 is 1.53 bits per heavy atom. The van der Waals surface area contributed by atoms with Gasteiger partial charge in [0.15, 0.2) is 11.5 Å². The number of alkyl halides is 1. The van der Waals surface area contributed by atoms with Gasteiger partial charge in [-0.05, 0) is 56.3 Å². The van der Waals surface area contributed by atoms with Crippen LogP contribution >= 0.6 is 15.9 Å². The second-order valence-corrected chi connectivity index (χ2v) is 17.8. The fourth-order valence-electron chi connectivity index (χ4n) is 8.35. The number of amides is 6. The molecule has 2 aromatic carbocycles. The van der Waals surface area contributed by atoms with Crippen molar-refractivity contribution in [1.82, 2.24) is 30.4 Å². The average Bonchev–Trinajstić information content (AvgIpc) is 4.15. The number of hydrogen-bond donors (Lipinski definition) is 3. The van der Waals surface area contributed by atoms with Gasteiger partial charge in [0.2, 0.25) is 11.8 Å². The molecule has 22 nitrogen and oxygen atoms in total. The number of aromatic amines is 1. The number of methoxy groups -OCH3 is 1. The third kappa shape index (κ3) is 13.1. The number of anilines is 1. The smallest absolute Gasteiger partial charge is 0.415 e. The summed E-state index contributed by atoms with van der Waals surface area (Å²) in [6.45, 7) is 8.83. The number of likely N-dealkylation sites (N-methyl/N-ethyl adjacent to an activating group) is 1. The minimum absolute atomic E-state index is 0.0183. The fourth-order valence-corrected chi connectivity index (χ4v) is 8.88. The summed E-state index contributed by atoms with van der Waals surface area (Å²) in [5, 5.41) is 8.56. The number of nitrogens with zero attached hydrogens (tertiary/aromatic N) is 5. The first-order chi connectivity index (χ1) is 34.8. The monoisotopic (exact) mass is 1060 g/mol. The lowest BCUT2D eigenvalue weighted by atomic mass is 9.95. The summed E-state index contributed by atoms with van der Waals surface area (Å²) in [4.78, 5) is 98.3. The lowest BCUT2D eigenvalue weighted by molar-refractivity contribution is -0.137. The largest absolute Gasteiger partial charge is 0.465 e. The maximum Gasteiger partial charge on any atom is 0.415 e. The van der Waals surface area contributed by atoms with Crippen molar-refractivity contribution < 1.29 is 66.4 Å². The first-order valence-electron chi connectivity index (χ1n) is 23.6. The Labute approximate surface area is 423 Å². The second-order valence-electron chi connectivity index (χ2n) is 17.2. The number of esters is 1. The topological polar surface area (TPSA) is 253 Å². The van der Waals surface area contributed by atoms with Gasteiger partial charge < -0.3 is 57.8 Å². The van der Waals surface area contributed by atoms with E-state index in [1.807, 2.05) is 13.1 Å². The summed E-state index contributed by atoms with van der Waals surface area (Å²) >= 11 is 3.63. The molecule has 5 heterocycles. The fraction of sp³-hybridized carbons (Fsp3) is 0.469. The first kappa shape index (κ1) is 53.3. The highest BCUT2D eigenvalue weighted by molar-refractivity contribution is 9.09. The van der Waals surface area contributed by atoms with E-state index in [4.69, 9.17) is 32.8 Å². The molecule has 1 saturated heterocycles. The molecule has 3 aliphatic rings. The molecule has 0 spiro atoms. The molecule has 0 saturated carbocycles. The molecule has 4 aromatic rings. The molecular formula is C49H59BrN8O14. The molecule has 2 aromatic heterocycles. The summed E-state index contributed by atoms with van der Waals surface area (Å²) in [5.41, 5.74) is 6.73. The van der Waals surface area contributed by atoms with E-state index in [1.165, 1.54) is 19.3 Å².